The molecular weight excluding hydrogens is 364 g/mol. The van der Waals surface area contributed by atoms with Crippen molar-refractivity contribution in [2.75, 3.05) is 26.2 Å². The molecule has 0 saturated carbocycles. The molecule has 1 aliphatic rings. The van der Waals surface area contributed by atoms with E-state index in [4.69, 9.17) is 4.74 Å². The Bertz CT molecular complexity index is 790. The number of nitrogens with zero attached hydrogens (tertiary/aromatic N) is 4. The number of ether oxygens (including phenoxy) is 1. The van der Waals surface area contributed by atoms with Gasteiger partial charge in [0.05, 0.1) is 23.5 Å². The van der Waals surface area contributed by atoms with Gasteiger partial charge in [0.1, 0.15) is 12.4 Å². The second kappa shape index (κ2) is 10.3. The first-order chi connectivity index (χ1) is 14.1. The maximum Gasteiger partial charge on any atom is 0.226 e. The van der Waals surface area contributed by atoms with Crippen molar-refractivity contribution in [1.82, 2.24) is 19.8 Å². The van der Waals surface area contributed by atoms with Crippen molar-refractivity contribution in [3.8, 4) is 5.75 Å². The molecule has 0 N–H and O–H groups in total. The Morgan fingerprint density at radius 3 is 2.79 bits per heavy atom. The van der Waals surface area contributed by atoms with Gasteiger partial charge in [-0.05, 0) is 57.9 Å². The Labute approximate surface area is 173 Å². The van der Waals surface area contributed by atoms with Crippen LogP contribution in [0.3, 0.4) is 0 Å². The average Bonchev–Trinajstić information content (AvgIpc) is 2.74. The molecule has 6 nitrogen and oxygen atoms in total. The van der Waals surface area contributed by atoms with Crippen molar-refractivity contribution < 1.29 is 9.53 Å². The molecule has 1 saturated heterocycles. The van der Waals surface area contributed by atoms with Gasteiger partial charge in [0.15, 0.2) is 0 Å². The third-order valence-electron chi connectivity index (χ3n) is 5.46. The highest BCUT2D eigenvalue weighted by atomic mass is 16.5. The molecular formula is C23H32N4O2. The van der Waals surface area contributed by atoms with Crippen LogP contribution in [-0.2, 0) is 17.9 Å². The fraction of sp³-hybridized carbons (Fsp3) is 0.522. The highest BCUT2D eigenvalue weighted by molar-refractivity contribution is 5.79. The number of carbonyl (C=O) groups is 1. The van der Waals surface area contributed by atoms with E-state index in [1.165, 1.54) is 5.56 Å². The van der Waals surface area contributed by atoms with Gasteiger partial charge in [-0.1, -0.05) is 12.1 Å². The molecule has 1 aromatic heterocycles. The molecule has 1 aromatic carbocycles. The van der Waals surface area contributed by atoms with Gasteiger partial charge in [0.25, 0.3) is 0 Å². The Morgan fingerprint density at radius 1 is 1.24 bits per heavy atom. The Balaban J connectivity index is 1.56. The van der Waals surface area contributed by atoms with E-state index in [2.05, 4.69) is 40.8 Å². The zero-order chi connectivity index (χ0) is 20.6. The summed E-state index contributed by atoms with van der Waals surface area (Å²) in [4.78, 5) is 25.6. The van der Waals surface area contributed by atoms with Crippen molar-refractivity contribution in [1.29, 1.82) is 0 Å². The molecule has 156 valence electrons. The normalized spacial score (nSPS) is 17.1. The summed E-state index contributed by atoms with van der Waals surface area (Å²) in [7, 11) is 0. The summed E-state index contributed by atoms with van der Waals surface area (Å²) >= 11 is 0. The maximum absolute atomic E-state index is 12.7. The lowest BCUT2D eigenvalue weighted by molar-refractivity contribution is -0.137. The monoisotopic (exact) mass is 396 g/mol. The third-order valence-corrected chi connectivity index (χ3v) is 5.46. The van der Waals surface area contributed by atoms with E-state index in [9.17, 15) is 4.79 Å². The third kappa shape index (κ3) is 6.00. The summed E-state index contributed by atoms with van der Waals surface area (Å²) in [6.45, 7) is 10.7. The number of hydrogen-bond donors (Lipinski definition) is 0. The minimum absolute atomic E-state index is 0.114. The summed E-state index contributed by atoms with van der Waals surface area (Å²) in [5, 5.41) is 0. The van der Waals surface area contributed by atoms with E-state index in [0.717, 1.165) is 62.7 Å². The van der Waals surface area contributed by atoms with Gasteiger partial charge in [0, 0.05) is 32.4 Å². The summed E-state index contributed by atoms with van der Waals surface area (Å²) in [6.07, 6.45) is 5.56. The van der Waals surface area contributed by atoms with E-state index >= 15 is 0 Å². The fourth-order valence-electron chi connectivity index (χ4n) is 3.84. The number of amides is 1. The van der Waals surface area contributed by atoms with Gasteiger partial charge in [-0.3, -0.25) is 19.7 Å². The lowest BCUT2D eigenvalue weighted by Crippen LogP contribution is -2.44. The number of hydrogen-bond acceptors (Lipinski definition) is 5. The van der Waals surface area contributed by atoms with Crippen LogP contribution >= 0.6 is 0 Å². The quantitative estimate of drug-likeness (QED) is 0.684. The van der Waals surface area contributed by atoms with Crippen molar-refractivity contribution in [3.05, 3.63) is 53.6 Å². The van der Waals surface area contributed by atoms with E-state index in [1.54, 1.807) is 12.4 Å². The van der Waals surface area contributed by atoms with E-state index < -0.39 is 0 Å². The van der Waals surface area contributed by atoms with Crippen LogP contribution in [0.2, 0.25) is 0 Å². The lowest BCUT2D eigenvalue weighted by atomic mass is 9.96. The first-order valence-electron chi connectivity index (χ1n) is 10.6. The molecule has 1 amide bonds. The van der Waals surface area contributed by atoms with Crippen LogP contribution in [0.4, 0.5) is 0 Å². The topological polar surface area (TPSA) is 58.6 Å². The standard InChI is InChI=1S/C23H32N4O2/c1-4-27(5-2)23(28)20-9-7-11-26(16-20)15-19-8-6-10-22(12-19)29-17-21-14-24-18(3)13-25-21/h6,8,10,12-14,20H,4-5,7,9,11,15-17H2,1-3H3. The van der Waals surface area contributed by atoms with Crippen LogP contribution < -0.4 is 4.74 Å². The minimum Gasteiger partial charge on any atom is -0.487 e. The molecule has 6 heteroatoms. The Hall–Kier alpha value is -2.47. The molecule has 1 aliphatic heterocycles. The number of benzene rings is 1. The predicted molar refractivity (Wildman–Crippen MR) is 113 cm³/mol. The second-order valence-corrected chi connectivity index (χ2v) is 7.67. The number of piperidine rings is 1. The zero-order valence-electron chi connectivity index (χ0n) is 17.8. The van der Waals surface area contributed by atoms with Gasteiger partial charge in [-0.15, -0.1) is 0 Å². The largest absolute Gasteiger partial charge is 0.487 e. The average molecular weight is 397 g/mol. The van der Waals surface area contributed by atoms with Crippen LogP contribution in [0.1, 0.15) is 43.6 Å². The summed E-state index contributed by atoms with van der Waals surface area (Å²) < 4.78 is 5.90. The SMILES string of the molecule is CCN(CC)C(=O)C1CCCN(Cc2cccc(OCc3cnc(C)cn3)c2)C1. The van der Waals surface area contributed by atoms with Crippen LogP contribution in [-0.4, -0.2) is 51.9 Å². The number of carbonyl (C=O) groups excluding carboxylic acids is 1. The Kier molecular flexibility index (Phi) is 7.58. The molecule has 1 unspecified atom stereocenters. The van der Waals surface area contributed by atoms with Crippen molar-refractivity contribution in [2.45, 2.75) is 46.8 Å². The smallest absolute Gasteiger partial charge is 0.226 e. The van der Waals surface area contributed by atoms with Crippen molar-refractivity contribution in [3.63, 3.8) is 0 Å². The molecule has 2 heterocycles. The summed E-state index contributed by atoms with van der Waals surface area (Å²) in [5.74, 6) is 1.25. The Morgan fingerprint density at radius 2 is 2.07 bits per heavy atom. The lowest BCUT2D eigenvalue weighted by Gasteiger charge is -2.34. The molecule has 0 radical (unpaired) electrons. The molecule has 0 aliphatic carbocycles. The van der Waals surface area contributed by atoms with Crippen LogP contribution in [0, 0.1) is 12.8 Å². The van der Waals surface area contributed by atoms with E-state index in [1.807, 2.05) is 24.0 Å². The molecule has 3 rings (SSSR count). The molecule has 1 atom stereocenters. The van der Waals surface area contributed by atoms with Crippen molar-refractivity contribution in [2.24, 2.45) is 5.92 Å². The van der Waals surface area contributed by atoms with Crippen LogP contribution in [0.15, 0.2) is 36.7 Å². The molecule has 1 fully saturated rings. The number of rotatable bonds is 8. The molecule has 2 aromatic rings. The highest BCUT2D eigenvalue weighted by Gasteiger charge is 2.28. The van der Waals surface area contributed by atoms with Crippen molar-refractivity contribution >= 4 is 5.91 Å². The van der Waals surface area contributed by atoms with E-state index in [0.29, 0.717) is 12.5 Å². The van der Waals surface area contributed by atoms with Gasteiger partial charge in [0.2, 0.25) is 5.91 Å². The van der Waals surface area contributed by atoms with Gasteiger partial charge in [-0.2, -0.15) is 0 Å². The number of likely N-dealkylation sites (tertiary alicyclic amines) is 1. The predicted octanol–water partition coefficient (Wildman–Crippen LogP) is 3.44. The second-order valence-electron chi connectivity index (χ2n) is 7.67. The maximum atomic E-state index is 12.7. The molecule has 29 heavy (non-hydrogen) atoms. The highest BCUT2D eigenvalue weighted by Crippen LogP contribution is 2.22. The molecule has 0 bridgehead atoms. The zero-order valence-corrected chi connectivity index (χ0v) is 17.8. The van der Waals surface area contributed by atoms with Gasteiger partial charge < -0.3 is 9.64 Å². The number of aryl methyl sites for hydroxylation is 1. The first kappa shape index (κ1) is 21.2. The minimum atomic E-state index is 0.114. The van der Waals surface area contributed by atoms with Gasteiger partial charge >= 0.3 is 0 Å². The van der Waals surface area contributed by atoms with Crippen LogP contribution in [0.5, 0.6) is 5.75 Å². The van der Waals surface area contributed by atoms with Crippen LogP contribution in [0.25, 0.3) is 0 Å². The molecule has 0 spiro atoms. The van der Waals surface area contributed by atoms with E-state index in [-0.39, 0.29) is 5.92 Å². The summed E-state index contributed by atoms with van der Waals surface area (Å²) in [5.41, 5.74) is 2.92. The fourth-order valence-corrected chi connectivity index (χ4v) is 3.84. The van der Waals surface area contributed by atoms with Gasteiger partial charge in [-0.25, -0.2) is 0 Å². The number of aromatic nitrogens is 2. The summed E-state index contributed by atoms with van der Waals surface area (Å²) in [6, 6.07) is 8.19. The first-order valence-corrected chi connectivity index (χ1v) is 10.6.